The van der Waals surface area contributed by atoms with Crippen molar-refractivity contribution in [3.63, 3.8) is 0 Å². The summed E-state index contributed by atoms with van der Waals surface area (Å²) in [5, 5.41) is 13.6. The SMILES string of the molecule is CC(C)(C)NC(=O)OCC1CCN(c2nnc(Cl)c3ccccc23)CC1. The molecule has 2 aromatic rings. The number of nitrogens with zero attached hydrogens (tertiary/aromatic N) is 3. The molecule has 0 saturated carbocycles. The van der Waals surface area contributed by atoms with Gasteiger partial charge in [-0.05, 0) is 39.5 Å². The van der Waals surface area contributed by atoms with Crippen molar-refractivity contribution < 1.29 is 9.53 Å². The van der Waals surface area contributed by atoms with Gasteiger partial charge in [-0.2, -0.15) is 0 Å². The van der Waals surface area contributed by atoms with E-state index in [9.17, 15) is 4.79 Å². The molecule has 140 valence electrons. The first kappa shape index (κ1) is 18.7. The molecule has 0 radical (unpaired) electrons. The topological polar surface area (TPSA) is 67.3 Å². The monoisotopic (exact) mass is 376 g/mol. The zero-order chi connectivity index (χ0) is 18.7. The van der Waals surface area contributed by atoms with Crippen LogP contribution in [0.2, 0.25) is 5.15 Å². The number of nitrogens with one attached hydrogen (secondary N) is 1. The normalized spacial score (nSPS) is 15.9. The van der Waals surface area contributed by atoms with Crippen LogP contribution in [-0.2, 0) is 4.74 Å². The van der Waals surface area contributed by atoms with Gasteiger partial charge in [-0.25, -0.2) is 4.79 Å². The lowest BCUT2D eigenvalue weighted by molar-refractivity contribution is 0.113. The van der Waals surface area contributed by atoms with Crippen molar-refractivity contribution in [3.8, 4) is 0 Å². The van der Waals surface area contributed by atoms with Crippen LogP contribution in [-0.4, -0.2) is 41.5 Å². The Labute approximate surface area is 158 Å². The zero-order valence-corrected chi connectivity index (χ0v) is 16.2. The number of hydrogen-bond donors (Lipinski definition) is 1. The van der Waals surface area contributed by atoms with Crippen LogP contribution in [0, 0.1) is 5.92 Å². The van der Waals surface area contributed by atoms with Gasteiger partial charge in [0, 0.05) is 29.4 Å². The summed E-state index contributed by atoms with van der Waals surface area (Å²) < 4.78 is 5.37. The Morgan fingerprint density at radius 2 is 1.88 bits per heavy atom. The van der Waals surface area contributed by atoms with Gasteiger partial charge in [-0.15, -0.1) is 10.2 Å². The number of rotatable bonds is 3. The lowest BCUT2D eigenvalue weighted by Gasteiger charge is -2.33. The molecule has 1 amide bonds. The predicted molar refractivity (Wildman–Crippen MR) is 104 cm³/mol. The molecule has 6 nitrogen and oxygen atoms in total. The number of halogens is 1. The standard InChI is InChI=1S/C19H25ClN4O2/c1-19(2,3)21-18(25)26-12-13-8-10-24(11-9-13)17-15-7-5-4-6-14(15)16(20)22-23-17/h4-7,13H,8-12H2,1-3H3,(H,21,25). The molecule has 26 heavy (non-hydrogen) atoms. The van der Waals surface area contributed by atoms with E-state index >= 15 is 0 Å². The van der Waals surface area contributed by atoms with Crippen molar-refractivity contribution >= 4 is 34.3 Å². The number of carbonyl (C=O) groups is 1. The molecule has 1 saturated heterocycles. The fourth-order valence-electron chi connectivity index (χ4n) is 3.14. The highest BCUT2D eigenvalue weighted by Gasteiger charge is 2.24. The number of ether oxygens (including phenoxy) is 1. The molecule has 1 fully saturated rings. The van der Waals surface area contributed by atoms with Crippen LogP contribution in [0.5, 0.6) is 0 Å². The molecule has 7 heteroatoms. The number of carbonyl (C=O) groups excluding carboxylic acids is 1. The molecule has 1 aliphatic heterocycles. The van der Waals surface area contributed by atoms with Gasteiger partial charge in [-0.3, -0.25) is 0 Å². The molecule has 1 aromatic carbocycles. The first-order valence-electron chi connectivity index (χ1n) is 8.94. The maximum atomic E-state index is 11.8. The molecule has 0 atom stereocenters. The number of fused-ring (bicyclic) bond motifs is 1. The minimum atomic E-state index is -0.352. The van der Waals surface area contributed by atoms with E-state index < -0.39 is 0 Å². The minimum Gasteiger partial charge on any atom is -0.449 e. The summed E-state index contributed by atoms with van der Waals surface area (Å²) in [6, 6.07) is 7.92. The summed E-state index contributed by atoms with van der Waals surface area (Å²) >= 11 is 6.16. The number of hydrogen-bond acceptors (Lipinski definition) is 5. The predicted octanol–water partition coefficient (Wildman–Crippen LogP) is 4.02. The molecular formula is C19H25ClN4O2. The van der Waals surface area contributed by atoms with Gasteiger partial charge in [0.1, 0.15) is 0 Å². The Kier molecular flexibility index (Phi) is 5.51. The summed E-state index contributed by atoms with van der Waals surface area (Å²) in [5.74, 6) is 1.23. The van der Waals surface area contributed by atoms with Crippen LogP contribution in [0.25, 0.3) is 10.8 Å². The average Bonchev–Trinajstić information content (AvgIpc) is 2.60. The second-order valence-electron chi connectivity index (χ2n) is 7.76. The largest absolute Gasteiger partial charge is 0.449 e. The molecule has 1 N–H and O–H groups in total. The number of alkyl carbamates (subject to hydrolysis) is 1. The highest BCUT2D eigenvalue weighted by Crippen LogP contribution is 2.30. The second-order valence-corrected chi connectivity index (χ2v) is 8.12. The van der Waals surface area contributed by atoms with Crippen molar-refractivity contribution in [1.29, 1.82) is 0 Å². The van der Waals surface area contributed by atoms with Gasteiger partial charge in [0.15, 0.2) is 11.0 Å². The number of benzene rings is 1. The van der Waals surface area contributed by atoms with E-state index in [4.69, 9.17) is 16.3 Å². The first-order chi connectivity index (χ1) is 12.3. The Hall–Kier alpha value is -2.08. The van der Waals surface area contributed by atoms with Crippen molar-refractivity contribution in [2.24, 2.45) is 5.92 Å². The number of piperidine rings is 1. The third-order valence-corrected chi connectivity index (χ3v) is 4.74. The molecule has 1 aliphatic rings. The lowest BCUT2D eigenvalue weighted by Crippen LogP contribution is -2.42. The van der Waals surface area contributed by atoms with Crippen molar-refractivity contribution in [2.75, 3.05) is 24.6 Å². The lowest BCUT2D eigenvalue weighted by atomic mass is 9.97. The average molecular weight is 377 g/mol. The maximum absolute atomic E-state index is 11.8. The summed E-state index contributed by atoms with van der Waals surface area (Å²) in [5.41, 5.74) is -0.283. The van der Waals surface area contributed by atoms with E-state index in [0.29, 0.717) is 17.7 Å². The first-order valence-corrected chi connectivity index (χ1v) is 9.32. The molecule has 2 heterocycles. The third-order valence-electron chi connectivity index (χ3n) is 4.46. The van der Waals surface area contributed by atoms with Crippen molar-refractivity contribution in [1.82, 2.24) is 15.5 Å². The van der Waals surface area contributed by atoms with Crippen LogP contribution < -0.4 is 10.2 Å². The summed E-state index contributed by atoms with van der Waals surface area (Å²) in [7, 11) is 0. The smallest absolute Gasteiger partial charge is 0.407 e. The Morgan fingerprint density at radius 1 is 1.23 bits per heavy atom. The zero-order valence-electron chi connectivity index (χ0n) is 15.5. The van der Waals surface area contributed by atoms with Gasteiger partial charge in [0.05, 0.1) is 6.61 Å². The van der Waals surface area contributed by atoms with Gasteiger partial charge < -0.3 is 15.0 Å². The number of aromatic nitrogens is 2. The van der Waals surface area contributed by atoms with E-state index in [-0.39, 0.29) is 11.6 Å². The van der Waals surface area contributed by atoms with Crippen LogP contribution in [0.1, 0.15) is 33.6 Å². The molecule has 0 bridgehead atoms. The second kappa shape index (κ2) is 7.66. The Balaban J connectivity index is 1.58. The molecule has 0 spiro atoms. The molecule has 0 unspecified atom stereocenters. The van der Waals surface area contributed by atoms with E-state index in [1.165, 1.54) is 0 Å². The minimum absolute atomic E-state index is 0.283. The summed E-state index contributed by atoms with van der Waals surface area (Å²) in [6.45, 7) is 7.96. The highest BCUT2D eigenvalue weighted by atomic mass is 35.5. The molecule has 0 aliphatic carbocycles. The molecular weight excluding hydrogens is 352 g/mol. The van der Waals surface area contributed by atoms with E-state index in [0.717, 1.165) is 42.5 Å². The van der Waals surface area contributed by atoms with Crippen LogP contribution in [0.3, 0.4) is 0 Å². The highest BCUT2D eigenvalue weighted by molar-refractivity contribution is 6.34. The molecule has 3 rings (SSSR count). The maximum Gasteiger partial charge on any atom is 0.407 e. The summed E-state index contributed by atoms with van der Waals surface area (Å²) in [6.07, 6.45) is 1.54. The number of amides is 1. The molecule has 1 aromatic heterocycles. The Bertz CT molecular complexity index is 783. The Morgan fingerprint density at radius 3 is 2.54 bits per heavy atom. The van der Waals surface area contributed by atoms with Gasteiger partial charge >= 0.3 is 6.09 Å². The third kappa shape index (κ3) is 4.55. The van der Waals surface area contributed by atoms with Gasteiger partial charge in [-0.1, -0.05) is 35.9 Å². The number of anilines is 1. The van der Waals surface area contributed by atoms with Crippen LogP contribution in [0.4, 0.5) is 10.6 Å². The van der Waals surface area contributed by atoms with Gasteiger partial charge in [0.2, 0.25) is 0 Å². The van der Waals surface area contributed by atoms with Crippen LogP contribution in [0.15, 0.2) is 24.3 Å². The van der Waals surface area contributed by atoms with E-state index in [1.807, 2.05) is 45.0 Å². The fraction of sp³-hybridized carbons (Fsp3) is 0.526. The fourth-order valence-corrected chi connectivity index (χ4v) is 3.34. The van der Waals surface area contributed by atoms with E-state index in [2.05, 4.69) is 20.4 Å². The van der Waals surface area contributed by atoms with Crippen molar-refractivity contribution in [3.05, 3.63) is 29.4 Å². The summed E-state index contributed by atoms with van der Waals surface area (Å²) in [4.78, 5) is 14.0. The van der Waals surface area contributed by atoms with E-state index in [1.54, 1.807) is 0 Å². The van der Waals surface area contributed by atoms with Crippen LogP contribution >= 0.6 is 11.6 Å². The van der Waals surface area contributed by atoms with Crippen molar-refractivity contribution in [2.45, 2.75) is 39.2 Å². The van der Waals surface area contributed by atoms with Gasteiger partial charge in [0.25, 0.3) is 0 Å². The quantitative estimate of drug-likeness (QED) is 0.876.